The van der Waals surface area contributed by atoms with Crippen molar-refractivity contribution in [2.45, 2.75) is 44.6 Å². The van der Waals surface area contributed by atoms with Gasteiger partial charge in [-0.25, -0.2) is 9.97 Å². The Morgan fingerprint density at radius 3 is 2.35 bits per heavy atom. The summed E-state index contributed by atoms with van der Waals surface area (Å²) in [6, 6.07) is 18.4. The van der Waals surface area contributed by atoms with E-state index >= 15 is 0 Å². The molecular weight excluding hydrogens is 426 g/mol. The first kappa shape index (κ1) is 21.8. The summed E-state index contributed by atoms with van der Waals surface area (Å²) in [7, 11) is 0. The van der Waals surface area contributed by atoms with E-state index in [1.165, 1.54) is 25.7 Å². The number of aromatic amines is 1. The number of nitrogens with one attached hydrogen (secondary N) is 3. The molecule has 1 saturated carbocycles. The Labute approximate surface area is 198 Å². The first-order valence-corrected chi connectivity index (χ1v) is 11.8. The number of fused-ring (bicyclic) bond motifs is 1. The maximum Gasteiger partial charge on any atom is 0.256 e. The van der Waals surface area contributed by atoms with Gasteiger partial charge in [0.1, 0.15) is 11.6 Å². The lowest BCUT2D eigenvalue weighted by molar-refractivity contribution is 0.0932. The van der Waals surface area contributed by atoms with Gasteiger partial charge in [0.05, 0.1) is 11.0 Å². The zero-order valence-corrected chi connectivity index (χ0v) is 18.9. The van der Waals surface area contributed by atoms with Gasteiger partial charge in [0.25, 0.3) is 11.8 Å². The highest BCUT2D eigenvalue weighted by Gasteiger charge is 2.17. The van der Waals surface area contributed by atoms with Crippen molar-refractivity contribution in [1.29, 1.82) is 0 Å². The summed E-state index contributed by atoms with van der Waals surface area (Å²) in [4.78, 5) is 37.3. The van der Waals surface area contributed by atoms with Gasteiger partial charge in [-0.3, -0.25) is 9.59 Å². The summed E-state index contributed by atoms with van der Waals surface area (Å²) in [5.41, 5.74) is 3.62. The molecule has 0 spiro atoms. The third-order valence-electron chi connectivity index (χ3n) is 6.26. The van der Waals surface area contributed by atoms with Crippen LogP contribution in [-0.4, -0.2) is 32.8 Å². The number of imidazole rings is 1. The third-order valence-corrected chi connectivity index (χ3v) is 6.26. The predicted molar refractivity (Wildman–Crippen MR) is 133 cm³/mol. The van der Waals surface area contributed by atoms with Gasteiger partial charge in [-0.05, 0) is 55.3 Å². The Morgan fingerprint density at radius 1 is 0.853 bits per heavy atom. The third kappa shape index (κ3) is 4.98. The molecule has 0 unspecified atom stereocenters. The molecule has 4 aromatic rings. The van der Waals surface area contributed by atoms with E-state index in [1.54, 1.807) is 30.5 Å². The van der Waals surface area contributed by atoms with E-state index < -0.39 is 0 Å². The lowest BCUT2D eigenvalue weighted by Crippen LogP contribution is -2.34. The molecule has 1 aliphatic rings. The van der Waals surface area contributed by atoms with Crippen molar-refractivity contribution in [2.24, 2.45) is 0 Å². The molecule has 1 aliphatic carbocycles. The molecule has 0 aliphatic heterocycles. The predicted octanol–water partition coefficient (Wildman–Crippen LogP) is 5.33. The lowest BCUT2D eigenvalue weighted by atomic mass is 10.1. The molecule has 2 aromatic carbocycles. The number of pyridine rings is 1. The van der Waals surface area contributed by atoms with E-state index in [9.17, 15) is 9.59 Å². The number of anilines is 1. The van der Waals surface area contributed by atoms with Gasteiger partial charge in [0.2, 0.25) is 0 Å². The Morgan fingerprint density at radius 2 is 1.62 bits per heavy atom. The van der Waals surface area contributed by atoms with Gasteiger partial charge >= 0.3 is 0 Å². The zero-order valence-electron chi connectivity index (χ0n) is 18.9. The molecular formula is C27H27N5O2. The van der Waals surface area contributed by atoms with Crippen molar-refractivity contribution in [3.8, 4) is 11.4 Å². The number of carbonyl (C=O) groups excluding carboxylic acids is 2. The van der Waals surface area contributed by atoms with Crippen molar-refractivity contribution < 1.29 is 9.59 Å². The Balaban J connectivity index is 1.29. The van der Waals surface area contributed by atoms with E-state index in [-0.39, 0.29) is 17.9 Å². The summed E-state index contributed by atoms with van der Waals surface area (Å²) in [5, 5.41) is 5.97. The molecule has 0 bridgehead atoms. The molecule has 0 atom stereocenters. The van der Waals surface area contributed by atoms with Gasteiger partial charge in [-0.15, -0.1) is 0 Å². The largest absolute Gasteiger partial charge is 0.349 e. The van der Waals surface area contributed by atoms with Gasteiger partial charge in [0, 0.05) is 28.9 Å². The van der Waals surface area contributed by atoms with Crippen molar-refractivity contribution in [2.75, 3.05) is 5.32 Å². The number of aromatic nitrogens is 3. The standard InChI is InChI=1S/C27H27N5O2/c33-26(32-24-9-5-6-16-28-24)19-12-10-18(11-13-19)25-30-22-15-14-20(17-23(22)31-25)27(34)29-21-7-3-1-2-4-8-21/h5-6,9-17,21H,1-4,7-8H2,(H,29,34)(H,30,31)(H,28,32,33). The fraction of sp³-hybridized carbons (Fsp3) is 0.259. The molecule has 5 rings (SSSR count). The van der Waals surface area contributed by atoms with E-state index in [4.69, 9.17) is 0 Å². The maximum atomic E-state index is 12.8. The van der Waals surface area contributed by atoms with Crippen LogP contribution in [0.25, 0.3) is 22.4 Å². The average molecular weight is 454 g/mol. The minimum atomic E-state index is -0.223. The number of benzene rings is 2. The zero-order chi connectivity index (χ0) is 23.3. The Kier molecular flexibility index (Phi) is 6.33. The van der Waals surface area contributed by atoms with Crippen LogP contribution in [0, 0.1) is 0 Å². The van der Waals surface area contributed by atoms with Gasteiger partial charge in [-0.1, -0.05) is 43.9 Å². The molecule has 172 valence electrons. The minimum absolute atomic E-state index is 0.0341. The van der Waals surface area contributed by atoms with Crippen LogP contribution in [0.5, 0.6) is 0 Å². The monoisotopic (exact) mass is 453 g/mol. The summed E-state index contributed by atoms with van der Waals surface area (Å²) in [5.74, 6) is 0.938. The molecule has 2 heterocycles. The second kappa shape index (κ2) is 9.87. The average Bonchev–Trinajstić information content (AvgIpc) is 3.13. The summed E-state index contributed by atoms with van der Waals surface area (Å²) in [6.07, 6.45) is 8.61. The maximum absolute atomic E-state index is 12.8. The first-order chi connectivity index (χ1) is 16.7. The van der Waals surface area contributed by atoms with E-state index in [0.29, 0.717) is 22.8 Å². The van der Waals surface area contributed by atoms with Crippen LogP contribution in [0.4, 0.5) is 5.82 Å². The van der Waals surface area contributed by atoms with Crippen LogP contribution >= 0.6 is 0 Å². The highest BCUT2D eigenvalue weighted by Crippen LogP contribution is 2.23. The molecule has 1 fully saturated rings. The van der Waals surface area contributed by atoms with E-state index in [2.05, 4.69) is 25.6 Å². The molecule has 2 aromatic heterocycles. The highest BCUT2D eigenvalue weighted by molar-refractivity contribution is 6.04. The van der Waals surface area contributed by atoms with Gasteiger partial charge < -0.3 is 15.6 Å². The molecule has 0 saturated heterocycles. The molecule has 7 heteroatoms. The number of hydrogen-bond acceptors (Lipinski definition) is 4. The van der Waals surface area contributed by atoms with Crippen molar-refractivity contribution in [1.82, 2.24) is 20.3 Å². The van der Waals surface area contributed by atoms with Crippen LogP contribution in [0.15, 0.2) is 66.9 Å². The van der Waals surface area contributed by atoms with Crippen LogP contribution in [0.3, 0.4) is 0 Å². The van der Waals surface area contributed by atoms with Crippen molar-refractivity contribution >= 4 is 28.7 Å². The summed E-state index contributed by atoms with van der Waals surface area (Å²) >= 11 is 0. The molecule has 34 heavy (non-hydrogen) atoms. The van der Waals surface area contributed by atoms with Crippen LogP contribution < -0.4 is 10.6 Å². The fourth-order valence-corrected chi connectivity index (χ4v) is 4.38. The normalized spacial score (nSPS) is 14.5. The van der Waals surface area contributed by atoms with Crippen LogP contribution in [-0.2, 0) is 0 Å². The number of carbonyl (C=O) groups is 2. The smallest absolute Gasteiger partial charge is 0.256 e. The minimum Gasteiger partial charge on any atom is -0.349 e. The number of H-pyrrole nitrogens is 1. The molecule has 0 radical (unpaired) electrons. The van der Waals surface area contributed by atoms with Gasteiger partial charge in [-0.2, -0.15) is 0 Å². The van der Waals surface area contributed by atoms with Crippen LogP contribution in [0.1, 0.15) is 59.2 Å². The van der Waals surface area contributed by atoms with Crippen LogP contribution in [0.2, 0.25) is 0 Å². The first-order valence-electron chi connectivity index (χ1n) is 11.8. The quantitative estimate of drug-likeness (QED) is 0.356. The Bertz CT molecular complexity index is 1290. The number of amides is 2. The summed E-state index contributed by atoms with van der Waals surface area (Å²) < 4.78 is 0. The number of nitrogens with zero attached hydrogens (tertiary/aromatic N) is 2. The number of rotatable bonds is 5. The number of hydrogen-bond donors (Lipinski definition) is 3. The Hall–Kier alpha value is -4.00. The topological polar surface area (TPSA) is 99.8 Å². The molecule has 7 nitrogen and oxygen atoms in total. The van der Waals surface area contributed by atoms with Crippen molar-refractivity contribution in [3.63, 3.8) is 0 Å². The van der Waals surface area contributed by atoms with E-state index in [0.717, 1.165) is 29.4 Å². The molecule has 2 amide bonds. The van der Waals surface area contributed by atoms with Crippen molar-refractivity contribution in [3.05, 3.63) is 78.0 Å². The second-order valence-corrected chi connectivity index (χ2v) is 8.73. The van der Waals surface area contributed by atoms with Gasteiger partial charge in [0.15, 0.2) is 0 Å². The molecule has 3 N–H and O–H groups in total. The summed E-state index contributed by atoms with van der Waals surface area (Å²) in [6.45, 7) is 0. The SMILES string of the molecule is O=C(Nc1ccccn1)c1ccc(-c2nc3ccc(C(=O)NC4CCCCCC4)cc3[nH]2)cc1. The lowest BCUT2D eigenvalue weighted by Gasteiger charge is -2.16. The highest BCUT2D eigenvalue weighted by atomic mass is 16.2. The fourth-order valence-electron chi connectivity index (χ4n) is 4.38. The second-order valence-electron chi connectivity index (χ2n) is 8.73. The van der Waals surface area contributed by atoms with E-state index in [1.807, 2.05) is 36.4 Å².